The van der Waals surface area contributed by atoms with Crippen molar-refractivity contribution >= 4 is 23.2 Å². The van der Waals surface area contributed by atoms with Gasteiger partial charge in [-0.2, -0.15) is 0 Å². The second-order valence-electron chi connectivity index (χ2n) is 6.09. The number of nitrogens with two attached hydrogens (primary N) is 1. The van der Waals surface area contributed by atoms with Crippen LogP contribution in [0.4, 0.5) is 5.69 Å². The maximum atomic E-state index is 12.6. The van der Waals surface area contributed by atoms with Crippen LogP contribution in [-0.4, -0.2) is 19.6 Å². The van der Waals surface area contributed by atoms with E-state index in [4.69, 9.17) is 22.1 Å². The molecule has 24 heavy (non-hydrogen) atoms. The number of methoxy groups -OCH3 is 1. The molecule has 6 heteroatoms. The Morgan fingerprint density at radius 2 is 2.00 bits per heavy atom. The largest absolute Gasteiger partial charge is 0.497 e. The second-order valence-corrected chi connectivity index (χ2v) is 6.50. The molecule has 2 aromatic rings. The number of hydrogen-bond donors (Lipinski definition) is 2. The summed E-state index contributed by atoms with van der Waals surface area (Å²) in [4.78, 5) is 14.8. The quantitative estimate of drug-likeness (QED) is 0.879. The Kier molecular flexibility index (Phi) is 3.62. The molecule has 0 spiro atoms. The average Bonchev–Trinajstić information content (AvgIpc) is 2.60. The van der Waals surface area contributed by atoms with Crippen molar-refractivity contribution in [1.29, 1.82) is 0 Å². The standard InChI is InChI=1S/C18H18ClN3O2/c1-24-11-4-2-10(3-5-11)17-21-18(23)12-6-7-13(19)15-14(20)8-9-22(17)16(12)15/h2-7,14,17H,8-9,20H2,1H3,(H,21,23)/t14-,17-/m1/s1. The summed E-state index contributed by atoms with van der Waals surface area (Å²) in [6, 6.07) is 11.1. The fraction of sp³-hybridized carbons (Fsp3) is 0.278. The third-order valence-corrected chi connectivity index (χ3v) is 5.09. The van der Waals surface area contributed by atoms with Gasteiger partial charge in [-0.15, -0.1) is 0 Å². The zero-order valence-corrected chi connectivity index (χ0v) is 14.0. The molecule has 2 atom stereocenters. The van der Waals surface area contributed by atoms with Crippen molar-refractivity contribution in [2.45, 2.75) is 18.6 Å². The van der Waals surface area contributed by atoms with Crippen LogP contribution in [0.25, 0.3) is 0 Å². The third kappa shape index (κ3) is 2.24. The highest BCUT2D eigenvalue weighted by atomic mass is 35.5. The third-order valence-electron chi connectivity index (χ3n) is 4.76. The molecule has 2 aliphatic rings. The number of nitrogens with one attached hydrogen (secondary N) is 1. The predicted molar refractivity (Wildman–Crippen MR) is 93.5 cm³/mol. The lowest BCUT2D eigenvalue weighted by atomic mass is 9.90. The number of ether oxygens (including phenoxy) is 1. The number of anilines is 1. The van der Waals surface area contributed by atoms with E-state index in [1.807, 2.05) is 24.3 Å². The van der Waals surface area contributed by atoms with E-state index in [2.05, 4.69) is 10.2 Å². The van der Waals surface area contributed by atoms with Crippen molar-refractivity contribution in [3.8, 4) is 5.75 Å². The lowest BCUT2D eigenvalue weighted by Gasteiger charge is -2.44. The van der Waals surface area contributed by atoms with E-state index in [0.717, 1.165) is 35.5 Å². The normalized spacial score (nSPS) is 22.0. The van der Waals surface area contributed by atoms with E-state index in [9.17, 15) is 4.79 Å². The first-order valence-electron chi connectivity index (χ1n) is 7.89. The number of benzene rings is 2. The molecule has 4 rings (SSSR count). The number of rotatable bonds is 2. The van der Waals surface area contributed by atoms with Crippen LogP contribution in [0.3, 0.4) is 0 Å². The number of hydrogen-bond acceptors (Lipinski definition) is 4. The highest BCUT2D eigenvalue weighted by molar-refractivity contribution is 6.32. The monoisotopic (exact) mass is 343 g/mol. The van der Waals surface area contributed by atoms with Gasteiger partial charge in [0, 0.05) is 23.2 Å². The Labute approximate surface area is 145 Å². The van der Waals surface area contributed by atoms with Crippen LogP contribution in [-0.2, 0) is 0 Å². The minimum atomic E-state index is -0.236. The van der Waals surface area contributed by atoms with Gasteiger partial charge < -0.3 is 20.7 Å². The first kappa shape index (κ1) is 15.3. The van der Waals surface area contributed by atoms with E-state index in [1.165, 1.54) is 0 Å². The Balaban J connectivity index is 1.83. The number of nitrogens with zero attached hydrogens (tertiary/aromatic N) is 1. The number of carbonyl (C=O) groups is 1. The zero-order valence-electron chi connectivity index (χ0n) is 13.3. The molecule has 0 bridgehead atoms. The van der Waals surface area contributed by atoms with Crippen LogP contribution >= 0.6 is 11.6 Å². The van der Waals surface area contributed by atoms with Crippen LogP contribution in [0.15, 0.2) is 36.4 Å². The van der Waals surface area contributed by atoms with Gasteiger partial charge in [-0.1, -0.05) is 23.7 Å². The van der Waals surface area contributed by atoms with Gasteiger partial charge in [0.25, 0.3) is 5.91 Å². The molecular weight excluding hydrogens is 326 g/mol. The average molecular weight is 344 g/mol. The number of carbonyl (C=O) groups excluding carboxylic acids is 1. The smallest absolute Gasteiger partial charge is 0.255 e. The van der Waals surface area contributed by atoms with Crippen LogP contribution in [0.2, 0.25) is 5.02 Å². The Morgan fingerprint density at radius 1 is 1.25 bits per heavy atom. The van der Waals surface area contributed by atoms with Gasteiger partial charge in [0.05, 0.1) is 18.4 Å². The molecule has 1 amide bonds. The van der Waals surface area contributed by atoms with Gasteiger partial charge in [-0.25, -0.2) is 0 Å². The van der Waals surface area contributed by atoms with E-state index in [-0.39, 0.29) is 18.1 Å². The summed E-state index contributed by atoms with van der Waals surface area (Å²) in [6.07, 6.45) is 0.555. The zero-order chi connectivity index (χ0) is 16.8. The summed E-state index contributed by atoms with van der Waals surface area (Å²) >= 11 is 6.38. The predicted octanol–water partition coefficient (Wildman–Crippen LogP) is 3.00. The molecule has 0 aromatic heterocycles. The van der Waals surface area contributed by atoms with Crippen LogP contribution in [0.5, 0.6) is 5.75 Å². The van der Waals surface area contributed by atoms with E-state index in [1.54, 1.807) is 19.2 Å². The number of halogens is 1. The van der Waals surface area contributed by atoms with Crippen molar-refractivity contribution in [1.82, 2.24) is 5.32 Å². The summed E-state index contributed by atoms with van der Waals surface area (Å²) in [5, 5.41) is 3.70. The number of amides is 1. The molecule has 2 heterocycles. The lowest BCUT2D eigenvalue weighted by molar-refractivity contribution is 0.0925. The maximum absolute atomic E-state index is 12.6. The van der Waals surface area contributed by atoms with Gasteiger partial charge in [-0.05, 0) is 36.2 Å². The summed E-state index contributed by atoms with van der Waals surface area (Å²) in [5.41, 5.74) is 9.63. The fourth-order valence-corrected chi connectivity index (χ4v) is 3.84. The summed E-state index contributed by atoms with van der Waals surface area (Å²) < 4.78 is 5.21. The Morgan fingerprint density at radius 3 is 2.71 bits per heavy atom. The van der Waals surface area contributed by atoms with Crippen LogP contribution < -0.4 is 20.7 Å². The van der Waals surface area contributed by atoms with Gasteiger partial charge in [0.1, 0.15) is 11.9 Å². The van der Waals surface area contributed by atoms with E-state index >= 15 is 0 Å². The summed E-state index contributed by atoms with van der Waals surface area (Å²) in [5.74, 6) is 0.680. The molecule has 5 nitrogen and oxygen atoms in total. The van der Waals surface area contributed by atoms with Crippen LogP contribution in [0.1, 0.15) is 40.1 Å². The second kappa shape index (κ2) is 5.69. The molecule has 124 valence electrons. The van der Waals surface area contributed by atoms with Gasteiger partial charge in [0.2, 0.25) is 0 Å². The highest BCUT2D eigenvalue weighted by Gasteiger charge is 2.38. The first-order chi connectivity index (χ1) is 11.6. The fourth-order valence-electron chi connectivity index (χ4n) is 3.55. The molecule has 3 N–H and O–H groups in total. The topological polar surface area (TPSA) is 67.6 Å². The molecular formula is C18H18ClN3O2. The van der Waals surface area contributed by atoms with Crippen molar-refractivity contribution in [2.75, 3.05) is 18.6 Å². The molecule has 0 radical (unpaired) electrons. The highest BCUT2D eigenvalue weighted by Crippen LogP contribution is 2.45. The van der Waals surface area contributed by atoms with Crippen molar-refractivity contribution in [3.05, 3.63) is 58.1 Å². The first-order valence-corrected chi connectivity index (χ1v) is 8.27. The molecule has 2 aromatic carbocycles. The van der Waals surface area contributed by atoms with Gasteiger partial charge in [-0.3, -0.25) is 4.79 Å². The SMILES string of the molecule is COc1ccc([C@@H]2NC(=O)c3ccc(Cl)c4c3N2CC[C@H]4N)cc1. The van der Waals surface area contributed by atoms with Crippen molar-refractivity contribution in [2.24, 2.45) is 5.73 Å². The van der Waals surface area contributed by atoms with E-state index in [0.29, 0.717) is 10.6 Å². The Bertz CT molecular complexity index is 807. The Hall–Kier alpha value is -2.24. The molecule has 0 saturated heterocycles. The lowest BCUT2D eigenvalue weighted by Crippen LogP contribution is -2.49. The summed E-state index contributed by atoms with van der Waals surface area (Å²) in [7, 11) is 1.63. The van der Waals surface area contributed by atoms with E-state index < -0.39 is 0 Å². The van der Waals surface area contributed by atoms with Crippen molar-refractivity contribution < 1.29 is 9.53 Å². The maximum Gasteiger partial charge on any atom is 0.255 e. The van der Waals surface area contributed by atoms with Gasteiger partial charge >= 0.3 is 0 Å². The van der Waals surface area contributed by atoms with Gasteiger partial charge in [0.15, 0.2) is 0 Å². The van der Waals surface area contributed by atoms with Crippen molar-refractivity contribution in [3.63, 3.8) is 0 Å². The van der Waals surface area contributed by atoms with Crippen LogP contribution in [0, 0.1) is 0 Å². The summed E-state index contributed by atoms with van der Waals surface area (Å²) in [6.45, 7) is 0.762. The molecule has 0 aliphatic carbocycles. The molecule has 0 saturated carbocycles. The molecule has 0 unspecified atom stereocenters. The minimum Gasteiger partial charge on any atom is -0.497 e. The minimum absolute atomic E-state index is 0.103. The molecule has 2 aliphatic heterocycles. The molecule has 0 fully saturated rings.